The number of hydrogen-bond acceptors (Lipinski definition) is 0. The topological polar surface area (TPSA) is 0 Å². The van der Waals surface area contributed by atoms with E-state index in [1.54, 1.807) is 0 Å². The van der Waals surface area contributed by atoms with Crippen molar-refractivity contribution in [3.05, 3.63) is 6.92 Å². The molecule has 0 aliphatic carbocycles. The van der Waals surface area contributed by atoms with Crippen LogP contribution >= 0.6 is 0 Å². The summed E-state index contributed by atoms with van der Waals surface area (Å²) in [5.41, 5.74) is 0. The second kappa shape index (κ2) is 6.75. The summed E-state index contributed by atoms with van der Waals surface area (Å²) in [5.74, 6) is 1.41. The van der Waals surface area contributed by atoms with Gasteiger partial charge in [0.15, 0.2) is 0 Å². The van der Waals surface area contributed by atoms with Crippen LogP contribution < -0.4 is 51.4 Å². The van der Waals surface area contributed by atoms with Crippen molar-refractivity contribution in [3.63, 3.8) is 0 Å². The minimum Gasteiger partial charge on any atom is -0.340 e. The molecule has 0 N–H and O–H groups in total. The molecule has 0 aromatic heterocycles. The molecule has 0 amide bonds. The summed E-state index contributed by atoms with van der Waals surface area (Å²) in [6.45, 7) is 10.6. The molecule has 1 heteroatoms. The molecule has 44 valence electrons. The number of rotatable bonds is 2. The van der Waals surface area contributed by atoms with Crippen LogP contribution in [-0.4, -0.2) is 0 Å². The van der Waals surface area contributed by atoms with E-state index in [4.69, 9.17) is 0 Å². The Kier molecular flexibility index (Phi) is 10.4. The first-order valence-corrected chi connectivity index (χ1v) is 3.01. The molecule has 0 saturated heterocycles. The van der Waals surface area contributed by atoms with Crippen molar-refractivity contribution in [2.45, 2.75) is 27.2 Å². The maximum absolute atomic E-state index is 3.96. The van der Waals surface area contributed by atoms with Gasteiger partial charge in [0.25, 0.3) is 0 Å². The zero-order valence-electron chi connectivity index (χ0n) is 6.57. The van der Waals surface area contributed by atoms with Crippen LogP contribution in [0.25, 0.3) is 0 Å². The van der Waals surface area contributed by atoms with Gasteiger partial charge in [0.1, 0.15) is 0 Å². The molecule has 0 radical (unpaired) electrons. The largest absolute Gasteiger partial charge is 1.00 e. The van der Waals surface area contributed by atoms with Crippen molar-refractivity contribution >= 4 is 0 Å². The molecule has 1 unspecified atom stereocenters. The third-order valence-corrected chi connectivity index (χ3v) is 1.47. The molecule has 0 aromatic carbocycles. The van der Waals surface area contributed by atoms with Crippen molar-refractivity contribution in [1.82, 2.24) is 0 Å². The summed E-state index contributed by atoms with van der Waals surface area (Å²) in [6.07, 6.45) is 1.21. The van der Waals surface area contributed by atoms with Gasteiger partial charge >= 0.3 is 51.4 Å². The van der Waals surface area contributed by atoms with Crippen LogP contribution in [0, 0.1) is 18.8 Å². The van der Waals surface area contributed by atoms with E-state index in [-0.39, 0.29) is 51.4 Å². The van der Waals surface area contributed by atoms with Gasteiger partial charge in [-0.15, -0.1) is 0 Å². The molecule has 0 aliphatic rings. The third-order valence-electron chi connectivity index (χ3n) is 1.47. The van der Waals surface area contributed by atoms with E-state index in [0.29, 0.717) is 5.92 Å². The predicted molar refractivity (Wildman–Crippen MR) is 34.0 cm³/mol. The molecule has 0 rings (SSSR count). The summed E-state index contributed by atoms with van der Waals surface area (Å²) in [6, 6.07) is 0. The second-order valence-corrected chi connectivity index (χ2v) is 2.41. The van der Waals surface area contributed by atoms with Crippen LogP contribution in [0.3, 0.4) is 0 Å². The van der Waals surface area contributed by atoms with Crippen molar-refractivity contribution in [2.75, 3.05) is 0 Å². The zero-order chi connectivity index (χ0) is 5.86. The molecule has 0 saturated carbocycles. The van der Waals surface area contributed by atoms with Crippen LogP contribution in [0.1, 0.15) is 27.2 Å². The first-order valence-electron chi connectivity index (χ1n) is 3.01. The molecule has 8 heavy (non-hydrogen) atoms. The van der Waals surface area contributed by atoms with E-state index >= 15 is 0 Å². The molecule has 1 atom stereocenters. The van der Waals surface area contributed by atoms with Gasteiger partial charge in [-0.25, -0.2) is 0 Å². The van der Waals surface area contributed by atoms with Crippen molar-refractivity contribution in [1.29, 1.82) is 0 Å². The van der Waals surface area contributed by atoms with E-state index < -0.39 is 0 Å². The van der Waals surface area contributed by atoms with Gasteiger partial charge in [-0.3, -0.25) is 0 Å². The van der Waals surface area contributed by atoms with E-state index in [1.807, 2.05) is 0 Å². The second-order valence-electron chi connectivity index (χ2n) is 2.41. The van der Waals surface area contributed by atoms with Crippen LogP contribution in [0.15, 0.2) is 0 Å². The van der Waals surface area contributed by atoms with Crippen molar-refractivity contribution < 1.29 is 51.4 Å². The van der Waals surface area contributed by atoms with Gasteiger partial charge in [-0.2, -0.15) is 5.92 Å². The fraction of sp³-hybridized carbons (Fsp3) is 0.857. The van der Waals surface area contributed by atoms with Gasteiger partial charge in [0.2, 0.25) is 0 Å². The molecule has 0 aromatic rings. The Labute approximate surface area is 95.9 Å². The van der Waals surface area contributed by atoms with Gasteiger partial charge in [0, 0.05) is 0 Å². The van der Waals surface area contributed by atoms with E-state index in [0.717, 1.165) is 5.92 Å². The summed E-state index contributed by atoms with van der Waals surface area (Å²) in [5, 5.41) is 0. The molecular formula is C7H15K. The molecule has 0 nitrogen and oxygen atoms in total. The monoisotopic (exact) mass is 138 g/mol. The van der Waals surface area contributed by atoms with E-state index in [9.17, 15) is 0 Å². The van der Waals surface area contributed by atoms with Crippen LogP contribution in [-0.2, 0) is 0 Å². The fourth-order valence-corrected chi connectivity index (χ4v) is 0.471. The Balaban J connectivity index is 0. The summed E-state index contributed by atoms with van der Waals surface area (Å²) < 4.78 is 0. The average molecular weight is 138 g/mol. The van der Waals surface area contributed by atoms with Crippen LogP contribution in [0.4, 0.5) is 0 Å². The zero-order valence-corrected chi connectivity index (χ0v) is 9.69. The Morgan fingerprint density at radius 3 is 1.75 bits per heavy atom. The van der Waals surface area contributed by atoms with Gasteiger partial charge in [0.05, 0.1) is 0 Å². The molecule has 0 spiro atoms. The van der Waals surface area contributed by atoms with E-state index in [2.05, 4.69) is 27.7 Å². The summed E-state index contributed by atoms with van der Waals surface area (Å²) in [7, 11) is 0. The van der Waals surface area contributed by atoms with Gasteiger partial charge < -0.3 is 6.92 Å². The first kappa shape index (κ1) is 12.3. The van der Waals surface area contributed by atoms with Crippen LogP contribution in [0.5, 0.6) is 0 Å². The minimum absolute atomic E-state index is 0. The molecule has 0 aliphatic heterocycles. The first-order chi connectivity index (χ1) is 3.18. The third kappa shape index (κ3) is 5.77. The van der Waals surface area contributed by atoms with Crippen LogP contribution in [0.2, 0.25) is 0 Å². The minimum atomic E-state index is 0. The Morgan fingerprint density at radius 1 is 1.38 bits per heavy atom. The van der Waals surface area contributed by atoms with Crippen molar-refractivity contribution in [2.24, 2.45) is 11.8 Å². The quantitative estimate of drug-likeness (QED) is 0.357. The molecule has 0 fully saturated rings. The molecule has 0 heterocycles. The standard InChI is InChI=1S/C7H15.K/c1-5-7(4)6(2)3;/h6-7H,4-5H2,1-3H3;/q-1;+1. The van der Waals surface area contributed by atoms with Gasteiger partial charge in [-0.05, 0) is 0 Å². The SMILES string of the molecule is [CH2-]C(CC)C(C)C.[K+]. The summed E-state index contributed by atoms with van der Waals surface area (Å²) >= 11 is 0. The summed E-state index contributed by atoms with van der Waals surface area (Å²) in [4.78, 5) is 0. The van der Waals surface area contributed by atoms with Crippen molar-refractivity contribution in [3.8, 4) is 0 Å². The fourth-order valence-electron chi connectivity index (χ4n) is 0.471. The predicted octanol–water partition coefficient (Wildman–Crippen LogP) is -0.493. The normalized spacial score (nSPS) is 13.1. The maximum atomic E-state index is 3.96. The average Bonchev–Trinajstić information content (AvgIpc) is 1.65. The Morgan fingerprint density at radius 2 is 1.75 bits per heavy atom. The molecular weight excluding hydrogens is 123 g/mol. The van der Waals surface area contributed by atoms with E-state index in [1.165, 1.54) is 6.42 Å². The maximum Gasteiger partial charge on any atom is 1.00 e. The van der Waals surface area contributed by atoms with Gasteiger partial charge in [-0.1, -0.05) is 33.1 Å². The smallest absolute Gasteiger partial charge is 0.340 e. The number of hydrogen-bond donors (Lipinski definition) is 0. The Hall–Kier alpha value is 1.64. The molecule has 0 bridgehead atoms. The Bertz CT molecular complexity index is 41.7.